The van der Waals surface area contributed by atoms with E-state index in [4.69, 9.17) is 9.31 Å². The van der Waals surface area contributed by atoms with Gasteiger partial charge in [-0.25, -0.2) is 0 Å². The van der Waals surface area contributed by atoms with Gasteiger partial charge < -0.3 is 9.31 Å². The quantitative estimate of drug-likeness (QED) is 0.768. The Hall–Kier alpha value is -0.865. The molecule has 1 aromatic rings. The van der Waals surface area contributed by atoms with E-state index in [0.717, 1.165) is 24.0 Å². The van der Waals surface area contributed by atoms with Gasteiger partial charge in [0, 0.05) is 17.4 Å². The number of hydrogen-bond acceptors (Lipinski definition) is 3. The van der Waals surface area contributed by atoms with E-state index in [0.29, 0.717) is 0 Å². The monoisotopic (exact) mass is 247 g/mol. The highest BCUT2D eigenvalue weighted by molar-refractivity contribution is 6.62. The summed E-state index contributed by atoms with van der Waals surface area (Å²) in [6, 6.07) is 4.00. The highest BCUT2D eigenvalue weighted by atomic mass is 16.7. The Labute approximate surface area is 110 Å². The van der Waals surface area contributed by atoms with E-state index in [9.17, 15) is 0 Å². The second-order valence-electron chi connectivity index (χ2n) is 5.88. The SMILES string of the molecule is CCCc1ncccc1B1OC(C)(C)C(C)(C)O1. The molecule has 98 valence electrons. The summed E-state index contributed by atoms with van der Waals surface area (Å²) in [6.07, 6.45) is 3.86. The molecule has 0 N–H and O–H groups in total. The molecule has 1 fully saturated rings. The van der Waals surface area contributed by atoms with Gasteiger partial charge in [0.25, 0.3) is 0 Å². The van der Waals surface area contributed by atoms with Gasteiger partial charge in [-0.05, 0) is 40.2 Å². The summed E-state index contributed by atoms with van der Waals surface area (Å²) in [5.74, 6) is 0. The average Bonchev–Trinajstić information content (AvgIpc) is 2.49. The summed E-state index contributed by atoms with van der Waals surface area (Å²) < 4.78 is 12.1. The van der Waals surface area contributed by atoms with Gasteiger partial charge in [-0.2, -0.15) is 0 Å². The lowest BCUT2D eigenvalue weighted by molar-refractivity contribution is 0.00578. The molecule has 2 heterocycles. The molecule has 0 unspecified atom stereocenters. The summed E-state index contributed by atoms with van der Waals surface area (Å²) in [7, 11) is -0.301. The summed E-state index contributed by atoms with van der Waals surface area (Å²) in [4.78, 5) is 4.45. The van der Waals surface area contributed by atoms with Crippen LogP contribution in [0.3, 0.4) is 0 Å². The van der Waals surface area contributed by atoms with Gasteiger partial charge in [0.1, 0.15) is 0 Å². The molecule has 0 aromatic carbocycles. The molecule has 4 heteroatoms. The number of nitrogens with zero attached hydrogens (tertiary/aromatic N) is 1. The van der Waals surface area contributed by atoms with Gasteiger partial charge >= 0.3 is 7.12 Å². The lowest BCUT2D eigenvalue weighted by atomic mass is 9.77. The van der Waals surface area contributed by atoms with Gasteiger partial charge in [0.2, 0.25) is 0 Å². The summed E-state index contributed by atoms with van der Waals surface area (Å²) in [6.45, 7) is 10.4. The molecule has 1 aromatic heterocycles. The normalized spacial score (nSPS) is 21.3. The van der Waals surface area contributed by atoms with E-state index in [1.54, 1.807) is 0 Å². The van der Waals surface area contributed by atoms with Gasteiger partial charge in [-0.1, -0.05) is 19.4 Å². The maximum absolute atomic E-state index is 6.07. The third-order valence-corrected chi connectivity index (χ3v) is 3.92. The zero-order chi connectivity index (χ0) is 13.4. The van der Waals surface area contributed by atoms with Crippen LogP contribution in [-0.4, -0.2) is 23.3 Å². The predicted molar refractivity (Wildman–Crippen MR) is 73.9 cm³/mol. The predicted octanol–water partition coefficient (Wildman–Crippen LogP) is 2.33. The molecule has 1 aliphatic rings. The Morgan fingerprint density at radius 3 is 2.33 bits per heavy atom. The molecule has 0 aliphatic carbocycles. The second kappa shape index (κ2) is 4.67. The van der Waals surface area contributed by atoms with Crippen LogP contribution in [0.1, 0.15) is 46.7 Å². The molecule has 0 amide bonds. The lowest BCUT2D eigenvalue weighted by Crippen LogP contribution is -2.41. The molecule has 0 atom stereocenters. The van der Waals surface area contributed by atoms with E-state index in [2.05, 4.69) is 45.7 Å². The van der Waals surface area contributed by atoms with Crippen molar-refractivity contribution in [1.29, 1.82) is 0 Å². The van der Waals surface area contributed by atoms with E-state index in [1.165, 1.54) is 0 Å². The fourth-order valence-corrected chi connectivity index (χ4v) is 2.08. The zero-order valence-corrected chi connectivity index (χ0v) is 12.0. The van der Waals surface area contributed by atoms with Crippen LogP contribution in [-0.2, 0) is 15.7 Å². The van der Waals surface area contributed by atoms with Crippen LogP contribution in [0.5, 0.6) is 0 Å². The Morgan fingerprint density at radius 2 is 1.78 bits per heavy atom. The third-order valence-electron chi connectivity index (χ3n) is 3.92. The molecule has 0 saturated carbocycles. The molecule has 1 aliphatic heterocycles. The van der Waals surface area contributed by atoms with Crippen LogP contribution < -0.4 is 5.46 Å². The highest BCUT2D eigenvalue weighted by Crippen LogP contribution is 2.36. The Balaban J connectivity index is 2.29. The van der Waals surface area contributed by atoms with Gasteiger partial charge in [-0.3, -0.25) is 4.98 Å². The van der Waals surface area contributed by atoms with Crippen molar-refractivity contribution in [2.24, 2.45) is 0 Å². The second-order valence-corrected chi connectivity index (χ2v) is 5.88. The molecular formula is C14H22BNO2. The topological polar surface area (TPSA) is 31.4 Å². The number of pyridine rings is 1. The van der Waals surface area contributed by atoms with Crippen molar-refractivity contribution in [1.82, 2.24) is 4.98 Å². The van der Waals surface area contributed by atoms with Crippen molar-refractivity contribution in [2.75, 3.05) is 0 Å². The van der Waals surface area contributed by atoms with E-state index in [1.807, 2.05) is 12.3 Å². The van der Waals surface area contributed by atoms with Crippen molar-refractivity contribution < 1.29 is 9.31 Å². The summed E-state index contributed by atoms with van der Waals surface area (Å²) >= 11 is 0. The summed E-state index contributed by atoms with van der Waals surface area (Å²) in [5, 5.41) is 0. The van der Waals surface area contributed by atoms with E-state index in [-0.39, 0.29) is 18.3 Å². The molecule has 0 spiro atoms. The van der Waals surface area contributed by atoms with Crippen molar-refractivity contribution in [3.63, 3.8) is 0 Å². The van der Waals surface area contributed by atoms with Crippen LogP contribution in [0.4, 0.5) is 0 Å². The first-order valence-electron chi connectivity index (χ1n) is 6.67. The van der Waals surface area contributed by atoms with Crippen molar-refractivity contribution in [3.8, 4) is 0 Å². The third kappa shape index (κ3) is 2.32. The van der Waals surface area contributed by atoms with Crippen LogP contribution in [0.2, 0.25) is 0 Å². The molecule has 2 rings (SSSR count). The molecular weight excluding hydrogens is 225 g/mol. The van der Waals surface area contributed by atoms with Gasteiger partial charge in [0.15, 0.2) is 0 Å². The maximum atomic E-state index is 6.07. The van der Waals surface area contributed by atoms with E-state index < -0.39 is 0 Å². The Bertz CT molecular complexity index is 416. The van der Waals surface area contributed by atoms with Crippen LogP contribution in [0.25, 0.3) is 0 Å². The molecule has 18 heavy (non-hydrogen) atoms. The van der Waals surface area contributed by atoms with Gasteiger partial charge in [0.05, 0.1) is 11.2 Å². The molecule has 0 radical (unpaired) electrons. The fraction of sp³-hybridized carbons (Fsp3) is 0.643. The first kappa shape index (κ1) is 13.6. The first-order valence-corrected chi connectivity index (χ1v) is 6.67. The number of rotatable bonds is 3. The number of aromatic nitrogens is 1. The van der Waals surface area contributed by atoms with E-state index >= 15 is 0 Å². The van der Waals surface area contributed by atoms with Crippen molar-refractivity contribution >= 4 is 12.6 Å². The van der Waals surface area contributed by atoms with Gasteiger partial charge in [-0.15, -0.1) is 0 Å². The Morgan fingerprint density at radius 1 is 1.17 bits per heavy atom. The number of aryl methyl sites for hydroxylation is 1. The zero-order valence-electron chi connectivity index (χ0n) is 12.0. The maximum Gasteiger partial charge on any atom is 0.496 e. The fourth-order valence-electron chi connectivity index (χ4n) is 2.08. The molecule has 0 bridgehead atoms. The minimum Gasteiger partial charge on any atom is -0.399 e. The lowest BCUT2D eigenvalue weighted by Gasteiger charge is -2.32. The number of hydrogen-bond donors (Lipinski definition) is 0. The minimum atomic E-state index is -0.301. The van der Waals surface area contributed by atoms with Crippen LogP contribution in [0.15, 0.2) is 18.3 Å². The summed E-state index contributed by atoms with van der Waals surface area (Å²) in [5.41, 5.74) is 1.56. The highest BCUT2D eigenvalue weighted by Gasteiger charge is 2.52. The van der Waals surface area contributed by atoms with Crippen molar-refractivity contribution in [3.05, 3.63) is 24.0 Å². The standard InChI is InChI=1S/C14H22BNO2/c1-6-8-12-11(9-7-10-16-12)15-17-13(2,3)14(4,5)18-15/h7,9-10H,6,8H2,1-5H3. The van der Waals surface area contributed by atoms with Crippen LogP contribution in [0, 0.1) is 0 Å². The minimum absolute atomic E-state index is 0.295. The Kier molecular flexibility index (Phi) is 3.52. The van der Waals surface area contributed by atoms with Crippen LogP contribution >= 0.6 is 0 Å². The smallest absolute Gasteiger partial charge is 0.399 e. The average molecular weight is 247 g/mol. The van der Waals surface area contributed by atoms with Crippen molar-refractivity contribution in [2.45, 2.75) is 58.7 Å². The molecule has 1 saturated heterocycles. The first-order chi connectivity index (χ1) is 8.37. The molecule has 3 nitrogen and oxygen atoms in total. The largest absolute Gasteiger partial charge is 0.496 e.